The summed E-state index contributed by atoms with van der Waals surface area (Å²) in [6.45, 7) is 4.03. The average Bonchev–Trinajstić information content (AvgIpc) is 2.81. The van der Waals surface area contributed by atoms with E-state index < -0.39 is 0 Å². The van der Waals surface area contributed by atoms with E-state index in [1.807, 2.05) is 25.1 Å². The van der Waals surface area contributed by atoms with Gasteiger partial charge in [-0.2, -0.15) is 0 Å². The van der Waals surface area contributed by atoms with Crippen molar-refractivity contribution in [3.63, 3.8) is 0 Å². The van der Waals surface area contributed by atoms with Crippen LogP contribution in [-0.2, 0) is 6.42 Å². The van der Waals surface area contributed by atoms with E-state index in [4.69, 9.17) is 0 Å². The van der Waals surface area contributed by atoms with E-state index in [9.17, 15) is 4.79 Å². The van der Waals surface area contributed by atoms with Gasteiger partial charge in [0.05, 0.1) is 11.0 Å². The molecule has 0 saturated heterocycles. The molecule has 0 atom stereocenters. The highest BCUT2D eigenvalue weighted by Gasteiger charge is 2.11. The van der Waals surface area contributed by atoms with Crippen molar-refractivity contribution in [2.45, 2.75) is 39.5 Å². The number of aromatic amines is 1. The number of benzene rings is 1. The molecular formula is C16H20N2O. The number of carbonyl (C=O) groups excluding carboxylic acids is 1. The molecule has 0 unspecified atom stereocenters. The van der Waals surface area contributed by atoms with Crippen molar-refractivity contribution in [1.82, 2.24) is 9.97 Å². The smallest absolute Gasteiger partial charge is 0.187 e. The zero-order chi connectivity index (χ0) is 13.7. The molecule has 1 heterocycles. The summed E-state index contributed by atoms with van der Waals surface area (Å²) >= 11 is 0. The minimum Gasteiger partial charge on any atom is -0.342 e. The molecule has 100 valence electrons. The lowest BCUT2D eigenvalue weighted by Crippen LogP contribution is -1.95. The molecule has 1 aromatic carbocycles. The summed E-state index contributed by atoms with van der Waals surface area (Å²) < 4.78 is 0. The molecule has 3 heteroatoms. The fourth-order valence-electron chi connectivity index (χ4n) is 2.18. The van der Waals surface area contributed by atoms with Crippen molar-refractivity contribution in [2.75, 3.05) is 0 Å². The molecular weight excluding hydrogens is 236 g/mol. The summed E-state index contributed by atoms with van der Waals surface area (Å²) in [6.07, 6.45) is 7.83. The normalized spacial score (nSPS) is 11.5. The Bertz CT molecular complexity index is 596. The van der Waals surface area contributed by atoms with Gasteiger partial charge < -0.3 is 4.98 Å². The lowest BCUT2D eigenvalue weighted by molar-refractivity contribution is 0.104. The Balaban J connectivity index is 2.31. The first-order chi connectivity index (χ1) is 9.26. The molecule has 0 fully saturated rings. The number of aryl methyl sites for hydroxylation is 1. The van der Waals surface area contributed by atoms with Crippen molar-refractivity contribution in [3.8, 4) is 0 Å². The molecule has 0 spiro atoms. The van der Waals surface area contributed by atoms with Gasteiger partial charge in [0.25, 0.3) is 0 Å². The Kier molecular flexibility index (Phi) is 4.50. The summed E-state index contributed by atoms with van der Waals surface area (Å²) in [7, 11) is 0. The van der Waals surface area contributed by atoms with Gasteiger partial charge in [0.15, 0.2) is 5.78 Å². The van der Waals surface area contributed by atoms with Gasteiger partial charge in [0.1, 0.15) is 5.82 Å². The SMILES string of the molecule is CC=CC(=O)c1cccc2[nH]c(CCCCC)nc12. The first kappa shape index (κ1) is 13.5. The quantitative estimate of drug-likeness (QED) is 0.481. The van der Waals surface area contributed by atoms with Crippen molar-refractivity contribution in [3.05, 3.63) is 41.7 Å². The fraction of sp³-hybridized carbons (Fsp3) is 0.375. The Morgan fingerprint density at radius 1 is 1.37 bits per heavy atom. The van der Waals surface area contributed by atoms with E-state index in [1.54, 1.807) is 12.2 Å². The number of carbonyl (C=O) groups is 1. The molecule has 0 aliphatic carbocycles. The van der Waals surface area contributed by atoms with E-state index >= 15 is 0 Å². The summed E-state index contributed by atoms with van der Waals surface area (Å²) in [6, 6.07) is 5.70. The largest absolute Gasteiger partial charge is 0.342 e. The van der Waals surface area contributed by atoms with Crippen molar-refractivity contribution in [2.24, 2.45) is 0 Å². The number of para-hydroxylation sites is 1. The highest BCUT2D eigenvalue weighted by molar-refractivity contribution is 6.11. The standard InChI is InChI=1S/C16H20N2O/c1-3-5-6-11-15-17-13-10-7-9-12(16(13)18-15)14(19)8-4-2/h4,7-10H,3,5-6,11H2,1-2H3,(H,17,18). The molecule has 0 aliphatic rings. The second-order valence-corrected chi connectivity index (χ2v) is 4.71. The molecule has 2 aromatic rings. The number of nitrogens with zero attached hydrogens (tertiary/aromatic N) is 1. The molecule has 0 aliphatic heterocycles. The predicted octanol–water partition coefficient (Wildman–Crippen LogP) is 4.05. The number of ketones is 1. The molecule has 3 nitrogen and oxygen atoms in total. The molecule has 0 radical (unpaired) electrons. The Morgan fingerprint density at radius 3 is 2.95 bits per heavy atom. The minimum atomic E-state index is 0.0136. The first-order valence-electron chi connectivity index (χ1n) is 6.91. The van der Waals surface area contributed by atoms with Crippen LogP contribution in [0.3, 0.4) is 0 Å². The Morgan fingerprint density at radius 2 is 2.21 bits per heavy atom. The first-order valence-corrected chi connectivity index (χ1v) is 6.91. The summed E-state index contributed by atoms with van der Waals surface area (Å²) in [4.78, 5) is 19.9. The highest BCUT2D eigenvalue weighted by atomic mass is 16.1. The van der Waals surface area contributed by atoms with Gasteiger partial charge in [-0.1, -0.05) is 31.9 Å². The predicted molar refractivity (Wildman–Crippen MR) is 78.5 cm³/mol. The second kappa shape index (κ2) is 6.32. The van der Waals surface area contributed by atoms with Gasteiger partial charge in [-0.05, 0) is 31.6 Å². The maximum absolute atomic E-state index is 12.0. The average molecular weight is 256 g/mol. The maximum Gasteiger partial charge on any atom is 0.187 e. The van der Waals surface area contributed by atoms with Crippen molar-refractivity contribution < 1.29 is 4.79 Å². The Labute approximate surface area is 113 Å². The van der Waals surface area contributed by atoms with E-state index in [2.05, 4.69) is 16.9 Å². The molecule has 0 saturated carbocycles. The third kappa shape index (κ3) is 3.11. The van der Waals surface area contributed by atoms with Crippen LogP contribution in [0.1, 0.15) is 49.3 Å². The topological polar surface area (TPSA) is 45.8 Å². The van der Waals surface area contributed by atoms with Crippen LogP contribution < -0.4 is 0 Å². The number of imidazole rings is 1. The van der Waals surface area contributed by atoms with Crippen LogP contribution in [0.4, 0.5) is 0 Å². The maximum atomic E-state index is 12.0. The number of fused-ring (bicyclic) bond motifs is 1. The second-order valence-electron chi connectivity index (χ2n) is 4.71. The van der Waals surface area contributed by atoms with Gasteiger partial charge in [0, 0.05) is 12.0 Å². The van der Waals surface area contributed by atoms with E-state index in [-0.39, 0.29) is 5.78 Å². The molecule has 2 rings (SSSR count). The lowest BCUT2D eigenvalue weighted by atomic mass is 10.1. The molecule has 0 bridgehead atoms. The highest BCUT2D eigenvalue weighted by Crippen LogP contribution is 2.18. The van der Waals surface area contributed by atoms with E-state index in [0.717, 1.165) is 29.7 Å². The molecule has 1 N–H and O–H groups in total. The van der Waals surface area contributed by atoms with Crippen LogP contribution >= 0.6 is 0 Å². The van der Waals surface area contributed by atoms with E-state index in [1.165, 1.54) is 12.8 Å². The number of hydrogen-bond donors (Lipinski definition) is 1. The number of rotatable bonds is 6. The third-order valence-corrected chi connectivity index (χ3v) is 3.16. The number of unbranched alkanes of at least 4 members (excludes halogenated alkanes) is 2. The van der Waals surface area contributed by atoms with Crippen LogP contribution in [-0.4, -0.2) is 15.8 Å². The van der Waals surface area contributed by atoms with E-state index in [0.29, 0.717) is 5.56 Å². The van der Waals surface area contributed by atoms with Crippen LogP contribution in [0.25, 0.3) is 11.0 Å². The molecule has 19 heavy (non-hydrogen) atoms. The monoisotopic (exact) mass is 256 g/mol. The third-order valence-electron chi connectivity index (χ3n) is 3.16. The number of hydrogen-bond acceptors (Lipinski definition) is 2. The number of H-pyrrole nitrogens is 1. The molecule has 1 aromatic heterocycles. The van der Waals surface area contributed by atoms with Crippen molar-refractivity contribution >= 4 is 16.8 Å². The number of nitrogens with one attached hydrogen (secondary N) is 1. The van der Waals surface area contributed by atoms with Gasteiger partial charge in [-0.25, -0.2) is 4.98 Å². The molecule has 0 amide bonds. The number of allylic oxidation sites excluding steroid dienone is 2. The summed E-state index contributed by atoms with van der Waals surface area (Å²) in [5, 5.41) is 0. The minimum absolute atomic E-state index is 0.0136. The summed E-state index contributed by atoms with van der Waals surface area (Å²) in [5.41, 5.74) is 2.41. The Hall–Kier alpha value is -1.90. The van der Waals surface area contributed by atoms with Crippen LogP contribution in [0, 0.1) is 0 Å². The van der Waals surface area contributed by atoms with Crippen LogP contribution in [0.5, 0.6) is 0 Å². The number of aromatic nitrogens is 2. The lowest BCUT2D eigenvalue weighted by Gasteiger charge is -1.96. The van der Waals surface area contributed by atoms with Crippen LogP contribution in [0.15, 0.2) is 30.4 Å². The fourth-order valence-corrected chi connectivity index (χ4v) is 2.18. The summed E-state index contributed by atoms with van der Waals surface area (Å²) in [5.74, 6) is 0.990. The van der Waals surface area contributed by atoms with Gasteiger partial charge in [0.2, 0.25) is 0 Å². The zero-order valence-corrected chi connectivity index (χ0v) is 11.6. The van der Waals surface area contributed by atoms with Gasteiger partial charge in [-0.15, -0.1) is 0 Å². The van der Waals surface area contributed by atoms with Crippen LogP contribution in [0.2, 0.25) is 0 Å². The van der Waals surface area contributed by atoms with Gasteiger partial charge >= 0.3 is 0 Å². The van der Waals surface area contributed by atoms with Crippen molar-refractivity contribution in [1.29, 1.82) is 0 Å². The zero-order valence-electron chi connectivity index (χ0n) is 11.6. The van der Waals surface area contributed by atoms with Gasteiger partial charge in [-0.3, -0.25) is 4.79 Å².